The minimum Gasteiger partial charge on any atom is -0.369 e. The van der Waals surface area contributed by atoms with Crippen LogP contribution in [0.2, 0.25) is 0 Å². The van der Waals surface area contributed by atoms with E-state index in [4.69, 9.17) is 11.5 Å². The molecular weight excluding hydrogens is 291 g/mol. The van der Waals surface area contributed by atoms with E-state index in [1.54, 1.807) is 0 Å². The molecular formula is C10H19IN2O. The molecule has 0 heterocycles. The third kappa shape index (κ3) is 1.91. The zero-order valence-electron chi connectivity index (χ0n) is 9.06. The highest BCUT2D eigenvalue weighted by atomic mass is 127. The molecule has 14 heavy (non-hydrogen) atoms. The molecule has 1 aliphatic carbocycles. The van der Waals surface area contributed by atoms with Crippen molar-refractivity contribution >= 4 is 28.5 Å². The van der Waals surface area contributed by atoms with Gasteiger partial charge in [-0.1, -0.05) is 22.6 Å². The molecule has 0 aromatic rings. The van der Waals surface area contributed by atoms with Crippen molar-refractivity contribution in [3.63, 3.8) is 0 Å². The second-order valence-corrected chi connectivity index (χ2v) is 7.69. The first-order valence-corrected chi connectivity index (χ1v) is 5.96. The van der Waals surface area contributed by atoms with Gasteiger partial charge in [0.05, 0.1) is 5.41 Å². The lowest BCUT2D eigenvalue weighted by Crippen LogP contribution is -2.61. The lowest BCUT2D eigenvalue weighted by molar-refractivity contribution is -0.136. The molecule has 1 rings (SSSR count). The van der Waals surface area contributed by atoms with E-state index in [9.17, 15) is 4.79 Å². The summed E-state index contributed by atoms with van der Waals surface area (Å²) in [5, 5.41) is 0. The third-order valence-corrected chi connectivity index (χ3v) is 4.82. The Morgan fingerprint density at radius 3 is 2.07 bits per heavy atom. The second-order valence-electron chi connectivity index (χ2n) is 5.31. The Bertz CT molecular complexity index is 257. The number of hydrogen-bond acceptors (Lipinski definition) is 2. The molecule has 4 heteroatoms. The molecule has 0 spiro atoms. The predicted molar refractivity (Wildman–Crippen MR) is 66.2 cm³/mol. The fourth-order valence-electron chi connectivity index (χ4n) is 2.29. The molecule has 0 saturated heterocycles. The zero-order valence-corrected chi connectivity index (χ0v) is 11.2. The summed E-state index contributed by atoms with van der Waals surface area (Å²) in [5.74, 6) is -0.195. The van der Waals surface area contributed by atoms with Gasteiger partial charge in [-0.3, -0.25) is 4.79 Å². The first kappa shape index (κ1) is 12.2. The Morgan fingerprint density at radius 2 is 2.00 bits per heavy atom. The van der Waals surface area contributed by atoms with E-state index in [1.807, 2.05) is 13.8 Å². The first-order chi connectivity index (χ1) is 6.11. The molecule has 0 bridgehead atoms. The Balaban J connectivity index is 2.91. The van der Waals surface area contributed by atoms with Gasteiger partial charge < -0.3 is 11.5 Å². The van der Waals surface area contributed by atoms with Crippen molar-refractivity contribution in [2.75, 3.05) is 0 Å². The fraction of sp³-hybridized carbons (Fsp3) is 0.900. The highest BCUT2D eigenvalue weighted by molar-refractivity contribution is 14.1. The van der Waals surface area contributed by atoms with E-state index in [1.165, 1.54) is 0 Å². The van der Waals surface area contributed by atoms with Crippen molar-refractivity contribution < 1.29 is 4.79 Å². The minimum absolute atomic E-state index is 0.0206. The maximum absolute atomic E-state index is 11.6. The van der Waals surface area contributed by atoms with E-state index in [0.29, 0.717) is 6.42 Å². The van der Waals surface area contributed by atoms with E-state index in [2.05, 4.69) is 29.5 Å². The molecule has 2 atom stereocenters. The first-order valence-electron chi connectivity index (χ1n) is 4.88. The maximum atomic E-state index is 11.6. The highest BCUT2D eigenvalue weighted by Crippen LogP contribution is 2.58. The Morgan fingerprint density at radius 1 is 1.50 bits per heavy atom. The van der Waals surface area contributed by atoms with Gasteiger partial charge in [0.2, 0.25) is 5.91 Å². The standard InChI is InChI=1S/C10H19IN2O/c1-8(2,13)6-10(7(12)14)5-4-9(10,3)11/h4-6,13H2,1-3H3,(H2,12,14). The van der Waals surface area contributed by atoms with Crippen LogP contribution in [-0.4, -0.2) is 14.9 Å². The highest BCUT2D eigenvalue weighted by Gasteiger charge is 2.59. The maximum Gasteiger partial charge on any atom is 0.225 e. The van der Waals surface area contributed by atoms with Crippen LogP contribution in [0.15, 0.2) is 0 Å². The SMILES string of the molecule is CC(C)(N)CC1(C(N)=O)CCC1(C)I. The quantitative estimate of drug-likeness (QED) is 0.614. The zero-order chi connectivity index (χ0) is 11.2. The van der Waals surface area contributed by atoms with Crippen molar-refractivity contribution in [3.05, 3.63) is 0 Å². The molecule has 0 radical (unpaired) electrons. The lowest BCUT2D eigenvalue weighted by atomic mass is 9.56. The van der Waals surface area contributed by atoms with E-state index >= 15 is 0 Å². The number of rotatable bonds is 3. The van der Waals surface area contributed by atoms with E-state index < -0.39 is 5.41 Å². The van der Waals surface area contributed by atoms with Crippen molar-refractivity contribution in [1.82, 2.24) is 0 Å². The van der Waals surface area contributed by atoms with Crippen LogP contribution in [0.1, 0.15) is 40.0 Å². The van der Waals surface area contributed by atoms with Gasteiger partial charge >= 0.3 is 0 Å². The average Bonchev–Trinajstić information content (AvgIpc) is 1.95. The van der Waals surface area contributed by atoms with E-state index in [0.717, 1.165) is 12.8 Å². The molecule has 2 unspecified atom stereocenters. The summed E-state index contributed by atoms with van der Waals surface area (Å²) in [6.07, 6.45) is 2.60. The number of hydrogen-bond donors (Lipinski definition) is 2. The number of carbonyl (C=O) groups excluding carboxylic acids is 1. The van der Waals surface area contributed by atoms with Gasteiger partial charge in [0.1, 0.15) is 0 Å². The fourth-order valence-corrected chi connectivity index (χ4v) is 3.28. The van der Waals surface area contributed by atoms with Crippen LogP contribution in [0.25, 0.3) is 0 Å². The summed E-state index contributed by atoms with van der Waals surface area (Å²) in [6, 6.07) is 0. The van der Waals surface area contributed by atoms with Gasteiger partial charge in [-0.2, -0.15) is 0 Å². The third-order valence-electron chi connectivity index (χ3n) is 3.25. The van der Waals surface area contributed by atoms with Crippen LogP contribution in [0.5, 0.6) is 0 Å². The van der Waals surface area contributed by atoms with Crippen LogP contribution < -0.4 is 11.5 Å². The number of amides is 1. The summed E-state index contributed by atoms with van der Waals surface area (Å²) >= 11 is 2.34. The topological polar surface area (TPSA) is 69.1 Å². The molecule has 4 N–H and O–H groups in total. The molecule has 0 aliphatic heterocycles. The van der Waals surface area contributed by atoms with Crippen molar-refractivity contribution in [1.29, 1.82) is 0 Å². The number of carbonyl (C=O) groups is 1. The molecule has 3 nitrogen and oxygen atoms in total. The Kier molecular flexibility index (Phi) is 2.91. The van der Waals surface area contributed by atoms with Crippen LogP contribution in [-0.2, 0) is 4.79 Å². The number of nitrogens with two attached hydrogens (primary N) is 2. The van der Waals surface area contributed by atoms with E-state index in [-0.39, 0.29) is 14.9 Å². The average molecular weight is 310 g/mol. The number of primary amides is 1. The normalized spacial score (nSPS) is 37.8. The van der Waals surface area contributed by atoms with Crippen molar-refractivity contribution in [2.24, 2.45) is 16.9 Å². The summed E-state index contributed by atoms with van der Waals surface area (Å²) < 4.78 is -0.0206. The monoisotopic (exact) mass is 310 g/mol. The molecule has 0 aromatic heterocycles. The molecule has 1 amide bonds. The molecule has 1 aliphatic rings. The van der Waals surface area contributed by atoms with Gasteiger partial charge in [0.25, 0.3) is 0 Å². The second kappa shape index (κ2) is 3.33. The van der Waals surface area contributed by atoms with Gasteiger partial charge in [-0.15, -0.1) is 0 Å². The van der Waals surface area contributed by atoms with Crippen LogP contribution >= 0.6 is 22.6 Å². The van der Waals surface area contributed by atoms with Crippen LogP contribution in [0, 0.1) is 5.41 Å². The van der Waals surface area contributed by atoms with Crippen molar-refractivity contribution in [3.8, 4) is 0 Å². The van der Waals surface area contributed by atoms with Crippen LogP contribution in [0.4, 0.5) is 0 Å². The summed E-state index contributed by atoms with van der Waals surface area (Å²) in [5.41, 5.74) is 10.8. The molecule has 0 aromatic carbocycles. The summed E-state index contributed by atoms with van der Waals surface area (Å²) in [7, 11) is 0. The molecule has 1 fully saturated rings. The Labute approximate surface area is 99.1 Å². The smallest absolute Gasteiger partial charge is 0.225 e. The minimum atomic E-state index is -0.397. The van der Waals surface area contributed by atoms with Crippen molar-refractivity contribution in [2.45, 2.75) is 49.0 Å². The number of halogens is 1. The van der Waals surface area contributed by atoms with Gasteiger partial charge in [0.15, 0.2) is 0 Å². The largest absolute Gasteiger partial charge is 0.369 e. The Hall–Kier alpha value is 0.160. The number of alkyl halides is 1. The van der Waals surface area contributed by atoms with Gasteiger partial charge in [0, 0.05) is 8.96 Å². The van der Waals surface area contributed by atoms with Gasteiger partial charge in [-0.25, -0.2) is 0 Å². The van der Waals surface area contributed by atoms with Crippen LogP contribution in [0.3, 0.4) is 0 Å². The van der Waals surface area contributed by atoms with Gasteiger partial charge in [-0.05, 0) is 40.0 Å². The predicted octanol–water partition coefficient (Wildman–Crippen LogP) is 1.57. The summed E-state index contributed by atoms with van der Waals surface area (Å²) in [6.45, 7) is 5.99. The summed E-state index contributed by atoms with van der Waals surface area (Å²) in [4.78, 5) is 11.6. The molecule has 1 saturated carbocycles. The lowest BCUT2D eigenvalue weighted by Gasteiger charge is -2.54. The molecule has 82 valence electrons.